The van der Waals surface area contributed by atoms with Gasteiger partial charge in [-0.25, -0.2) is 9.37 Å². The molecule has 3 nitrogen and oxygen atoms in total. The zero-order chi connectivity index (χ0) is 11.5. The molecule has 0 aromatic carbocycles. The van der Waals surface area contributed by atoms with Crippen LogP contribution in [0.5, 0.6) is 0 Å². The van der Waals surface area contributed by atoms with E-state index in [9.17, 15) is 4.39 Å². The van der Waals surface area contributed by atoms with Crippen molar-refractivity contribution in [3.8, 4) is 10.6 Å². The van der Waals surface area contributed by atoms with Crippen LogP contribution in [0.25, 0.3) is 10.6 Å². The lowest BCUT2D eigenvalue weighted by molar-refractivity contribution is 0.622. The fourth-order valence-electron chi connectivity index (χ4n) is 1.22. The number of nitrogens with one attached hydrogen (secondary N) is 1. The Balaban J connectivity index is 2.37. The highest BCUT2D eigenvalue weighted by Gasteiger charge is 2.10. The topological polar surface area (TPSA) is 37.8 Å². The average Bonchev–Trinajstić information content (AvgIpc) is 2.61. The molecule has 2 aromatic heterocycles. The number of rotatable bonds is 3. The number of thiazole rings is 1. The minimum absolute atomic E-state index is 0.381. The molecule has 0 saturated carbocycles. The van der Waals surface area contributed by atoms with E-state index in [4.69, 9.17) is 11.6 Å². The zero-order valence-electron chi connectivity index (χ0n) is 8.50. The van der Waals surface area contributed by atoms with Gasteiger partial charge in [-0.3, -0.25) is 4.98 Å². The van der Waals surface area contributed by atoms with Crippen LogP contribution in [0.15, 0.2) is 18.5 Å². The molecule has 16 heavy (non-hydrogen) atoms. The molecule has 0 spiro atoms. The first-order valence-electron chi connectivity index (χ1n) is 4.72. The molecule has 84 valence electrons. The Bertz CT molecular complexity index is 501. The number of hydrogen-bond acceptors (Lipinski definition) is 4. The second-order valence-electron chi connectivity index (χ2n) is 3.06. The minimum Gasteiger partial charge on any atom is -0.375 e. The van der Waals surface area contributed by atoms with Gasteiger partial charge in [-0.2, -0.15) is 0 Å². The summed E-state index contributed by atoms with van der Waals surface area (Å²) in [5.74, 6) is -0.381. The van der Waals surface area contributed by atoms with Crippen molar-refractivity contribution in [2.24, 2.45) is 0 Å². The maximum atomic E-state index is 13.0. The first-order chi connectivity index (χ1) is 7.70. The first kappa shape index (κ1) is 11.3. The fourth-order valence-corrected chi connectivity index (χ4v) is 2.45. The molecular weight excluding hydrogens is 249 g/mol. The number of hydrogen-bond donors (Lipinski definition) is 1. The molecule has 2 heterocycles. The van der Waals surface area contributed by atoms with Crippen molar-refractivity contribution >= 4 is 27.9 Å². The van der Waals surface area contributed by atoms with Gasteiger partial charge in [-0.1, -0.05) is 22.9 Å². The molecule has 2 aromatic rings. The molecule has 0 aliphatic rings. The van der Waals surface area contributed by atoms with Crippen molar-refractivity contribution in [2.75, 3.05) is 11.9 Å². The third-order valence-corrected chi connectivity index (χ3v) is 3.32. The van der Waals surface area contributed by atoms with Crippen LogP contribution < -0.4 is 5.32 Å². The van der Waals surface area contributed by atoms with E-state index in [0.717, 1.165) is 17.7 Å². The molecule has 2 rings (SSSR count). The van der Waals surface area contributed by atoms with Crippen LogP contribution in [0.3, 0.4) is 0 Å². The summed E-state index contributed by atoms with van der Waals surface area (Å²) in [5, 5.41) is 4.95. The number of nitrogens with zero attached hydrogens (tertiary/aromatic N) is 2. The number of aromatic nitrogens is 2. The molecular formula is C10H9ClFN3S. The number of pyridine rings is 1. The molecule has 0 saturated heterocycles. The van der Waals surface area contributed by atoms with Crippen LogP contribution in [0.2, 0.25) is 5.15 Å². The van der Waals surface area contributed by atoms with Crippen molar-refractivity contribution in [1.29, 1.82) is 0 Å². The summed E-state index contributed by atoms with van der Waals surface area (Å²) in [6.45, 7) is 2.74. The van der Waals surface area contributed by atoms with E-state index < -0.39 is 0 Å². The molecule has 0 unspecified atom stereocenters. The molecule has 0 aliphatic heterocycles. The van der Waals surface area contributed by atoms with Crippen molar-refractivity contribution in [1.82, 2.24) is 9.97 Å². The van der Waals surface area contributed by atoms with E-state index in [1.54, 1.807) is 6.20 Å². The van der Waals surface area contributed by atoms with Crippen LogP contribution >= 0.6 is 22.9 Å². The Morgan fingerprint density at radius 3 is 3.00 bits per heavy atom. The normalized spacial score (nSPS) is 10.4. The fraction of sp³-hybridized carbons (Fsp3) is 0.200. The third-order valence-electron chi connectivity index (χ3n) is 1.87. The summed E-state index contributed by atoms with van der Waals surface area (Å²) in [7, 11) is 0. The smallest absolute Gasteiger partial charge is 0.164 e. The highest BCUT2D eigenvalue weighted by atomic mass is 35.5. The van der Waals surface area contributed by atoms with Crippen molar-refractivity contribution in [2.45, 2.75) is 6.92 Å². The van der Waals surface area contributed by atoms with Gasteiger partial charge < -0.3 is 5.32 Å². The predicted octanol–water partition coefficient (Wildman–Crippen LogP) is 3.43. The standard InChI is InChI=1S/C10H9ClFN3S/c1-2-14-10-8(11)15-9(16-10)6-3-7(12)5-13-4-6/h3-5,14H,2H2,1H3. The SMILES string of the molecule is CCNc1sc(-c2cncc(F)c2)nc1Cl. The van der Waals surface area contributed by atoms with Crippen LogP contribution in [0.4, 0.5) is 9.39 Å². The van der Waals surface area contributed by atoms with Gasteiger partial charge in [0.05, 0.1) is 6.20 Å². The van der Waals surface area contributed by atoms with Gasteiger partial charge in [0, 0.05) is 18.3 Å². The average molecular weight is 258 g/mol. The summed E-state index contributed by atoms with van der Waals surface area (Å²) in [6.07, 6.45) is 2.72. The lowest BCUT2D eigenvalue weighted by Crippen LogP contribution is -1.93. The second-order valence-corrected chi connectivity index (χ2v) is 4.42. The molecule has 0 radical (unpaired) electrons. The first-order valence-corrected chi connectivity index (χ1v) is 5.91. The lowest BCUT2D eigenvalue weighted by atomic mass is 10.3. The van der Waals surface area contributed by atoms with Crippen LogP contribution in [0, 0.1) is 5.82 Å². The third kappa shape index (κ3) is 2.31. The van der Waals surface area contributed by atoms with Crippen LogP contribution in [0.1, 0.15) is 6.92 Å². The number of halogens is 2. The van der Waals surface area contributed by atoms with Crippen LogP contribution in [-0.2, 0) is 0 Å². The number of anilines is 1. The minimum atomic E-state index is -0.381. The largest absolute Gasteiger partial charge is 0.375 e. The highest BCUT2D eigenvalue weighted by molar-refractivity contribution is 7.19. The van der Waals surface area contributed by atoms with E-state index in [1.807, 2.05) is 6.92 Å². The molecule has 0 bridgehead atoms. The summed E-state index contributed by atoms with van der Waals surface area (Å²) < 4.78 is 13.0. The second kappa shape index (κ2) is 4.76. The van der Waals surface area contributed by atoms with Gasteiger partial charge in [0.15, 0.2) is 5.15 Å². The molecule has 6 heteroatoms. The van der Waals surface area contributed by atoms with Crippen molar-refractivity contribution in [3.63, 3.8) is 0 Å². The Kier molecular flexibility index (Phi) is 3.36. The van der Waals surface area contributed by atoms with Crippen molar-refractivity contribution in [3.05, 3.63) is 29.4 Å². The Labute approximate surface area is 101 Å². The zero-order valence-corrected chi connectivity index (χ0v) is 10.1. The van der Waals surface area contributed by atoms with Crippen molar-refractivity contribution < 1.29 is 4.39 Å². The van der Waals surface area contributed by atoms with E-state index in [-0.39, 0.29) is 5.82 Å². The molecule has 0 amide bonds. The van der Waals surface area contributed by atoms with Gasteiger partial charge in [0.2, 0.25) is 0 Å². The van der Waals surface area contributed by atoms with E-state index in [1.165, 1.54) is 17.4 Å². The van der Waals surface area contributed by atoms with Gasteiger partial charge in [-0.15, -0.1) is 0 Å². The monoisotopic (exact) mass is 257 g/mol. The van der Waals surface area contributed by atoms with Gasteiger partial charge in [0.25, 0.3) is 0 Å². The summed E-state index contributed by atoms with van der Waals surface area (Å²) in [4.78, 5) is 7.93. The quantitative estimate of drug-likeness (QED) is 0.915. The highest BCUT2D eigenvalue weighted by Crippen LogP contribution is 2.34. The van der Waals surface area contributed by atoms with E-state index >= 15 is 0 Å². The maximum Gasteiger partial charge on any atom is 0.164 e. The molecule has 0 atom stereocenters. The summed E-state index contributed by atoms with van der Waals surface area (Å²) in [5.41, 5.74) is 0.635. The van der Waals surface area contributed by atoms with Gasteiger partial charge >= 0.3 is 0 Å². The molecule has 0 fully saturated rings. The molecule has 0 aliphatic carbocycles. The maximum absolute atomic E-state index is 13.0. The Morgan fingerprint density at radius 2 is 2.31 bits per heavy atom. The van der Waals surface area contributed by atoms with Crippen LogP contribution in [-0.4, -0.2) is 16.5 Å². The van der Waals surface area contributed by atoms with E-state index in [0.29, 0.717) is 15.7 Å². The Hall–Kier alpha value is -1.20. The van der Waals surface area contributed by atoms with E-state index in [2.05, 4.69) is 15.3 Å². The molecule has 1 N–H and O–H groups in total. The van der Waals surface area contributed by atoms with Gasteiger partial charge in [-0.05, 0) is 13.0 Å². The lowest BCUT2D eigenvalue weighted by Gasteiger charge is -1.96. The summed E-state index contributed by atoms with van der Waals surface area (Å²) in [6, 6.07) is 1.39. The summed E-state index contributed by atoms with van der Waals surface area (Å²) >= 11 is 7.32. The predicted molar refractivity (Wildman–Crippen MR) is 64.5 cm³/mol. The Morgan fingerprint density at radius 1 is 1.50 bits per heavy atom. The van der Waals surface area contributed by atoms with Gasteiger partial charge in [0.1, 0.15) is 15.8 Å².